The Morgan fingerprint density at radius 1 is 1.48 bits per heavy atom. The van der Waals surface area contributed by atoms with Gasteiger partial charge in [-0.05, 0) is 34.1 Å². The van der Waals surface area contributed by atoms with Gasteiger partial charge in [-0.1, -0.05) is 0 Å². The summed E-state index contributed by atoms with van der Waals surface area (Å²) in [4.78, 5) is 10.3. The Bertz CT molecular complexity index is 791. The Morgan fingerprint density at radius 2 is 2.19 bits per heavy atom. The van der Waals surface area contributed by atoms with Gasteiger partial charge in [0.1, 0.15) is 17.3 Å². The number of halogens is 2. The monoisotopic (exact) mass is 377 g/mol. The zero-order valence-electron chi connectivity index (χ0n) is 10.3. The number of aromatic nitrogens is 2. The van der Waals surface area contributed by atoms with Gasteiger partial charge in [-0.15, -0.1) is 0 Å². The number of anilines is 1. The number of hydrogen-bond acceptors (Lipinski definition) is 4. The van der Waals surface area contributed by atoms with Gasteiger partial charge in [0.25, 0.3) is 10.0 Å². The summed E-state index contributed by atoms with van der Waals surface area (Å²) in [6.45, 7) is -0.447. The van der Waals surface area contributed by atoms with Crippen LogP contribution in [-0.4, -0.2) is 29.3 Å². The fraction of sp³-hybridized carbons (Fsp3) is 0.0909. The Kier molecular flexibility index (Phi) is 4.28. The van der Waals surface area contributed by atoms with Crippen molar-refractivity contribution in [2.75, 3.05) is 4.72 Å². The average molecular weight is 378 g/mol. The topological polar surface area (TPSA) is 101 Å². The summed E-state index contributed by atoms with van der Waals surface area (Å²) in [6, 6.07) is 3.64. The summed E-state index contributed by atoms with van der Waals surface area (Å²) >= 11 is 2.95. The molecule has 0 amide bonds. The van der Waals surface area contributed by atoms with Crippen LogP contribution in [0.25, 0.3) is 0 Å². The van der Waals surface area contributed by atoms with Gasteiger partial charge in [0.2, 0.25) is 0 Å². The van der Waals surface area contributed by atoms with Gasteiger partial charge in [0, 0.05) is 6.20 Å². The van der Waals surface area contributed by atoms with Crippen molar-refractivity contribution in [3.05, 3.63) is 40.9 Å². The molecule has 0 spiro atoms. The second-order valence-electron chi connectivity index (χ2n) is 4.00. The third-order valence-corrected chi connectivity index (χ3v) is 4.33. The summed E-state index contributed by atoms with van der Waals surface area (Å²) in [5.41, 5.74) is 0.161. The van der Waals surface area contributed by atoms with Crippen LogP contribution in [0.1, 0.15) is 0 Å². The molecule has 112 valence electrons. The number of carboxylic acids is 1. The molecule has 0 unspecified atom stereocenters. The number of rotatable bonds is 5. The van der Waals surface area contributed by atoms with Gasteiger partial charge in [-0.25, -0.2) is 12.8 Å². The SMILES string of the molecule is O=C(O)Cn1cc(S(=O)(=O)Nc2ccc(F)c(Br)c2)cn1. The molecule has 0 saturated heterocycles. The van der Waals surface area contributed by atoms with Crippen LogP contribution in [0.15, 0.2) is 40.0 Å². The van der Waals surface area contributed by atoms with E-state index in [4.69, 9.17) is 5.11 Å². The Labute approximate surface area is 127 Å². The highest BCUT2D eigenvalue weighted by Crippen LogP contribution is 2.22. The predicted molar refractivity (Wildman–Crippen MR) is 74.8 cm³/mol. The van der Waals surface area contributed by atoms with Crippen LogP contribution < -0.4 is 4.72 Å². The van der Waals surface area contributed by atoms with E-state index in [9.17, 15) is 17.6 Å². The second kappa shape index (κ2) is 5.82. The quantitative estimate of drug-likeness (QED) is 0.824. The Hall–Kier alpha value is -1.94. The standard InChI is InChI=1S/C11H9BrFN3O4S/c12-9-3-7(1-2-10(9)13)15-21(19,20)8-4-14-16(5-8)6-11(17)18/h1-5,15H,6H2,(H,17,18). The molecule has 1 aromatic carbocycles. The van der Waals surface area contributed by atoms with Crippen LogP contribution >= 0.6 is 15.9 Å². The fourth-order valence-corrected chi connectivity index (χ4v) is 2.86. The summed E-state index contributed by atoms with van der Waals surface area (Å²) in [5, 5.41) is 12.2. The summed E-state index contributed by atoms with van der Waals surface area (Å²) in [5.74, 6) is -1.66. The minimum atomic E-state index is -3.93. The van der Waals surface area contributed by atoms with Crippen molar-refractivity contribution < 1.29 is 22.7 Å². The van der Waals surface area contributed by atoms with E-state index >= 15 is 0 Å². The van der Waals surface area contributed by atoms with Crippen molar-refractivity contribution in [2.24, 2.45) is 0 Å². The van der Waals surface area contributed by atoms with Crippen LogP contribution in [0, 0.1) is 5.82 Å². The number of carbonyl (C=O) groups is 1. The van der Waals surface area contributed by atoms with Crippen molar-refractivity contribution in [1.29, 1.82) is 0 Å². The minimum absolute atomic E-state index is 0.115. The Morgan fingerprint density at radius 3 is 2.81 bits per heavy atom. The number of benzene rings is 1. The molecule has 2 rings (SSSR count). The lowest BCUT2D eigenvalue weighted by molar-refractivity contribution is -0.137. The zero-order valence-corrected chi connectivity index (χ0v) is 12.7. The number of nitrogens with one attached hydrogen (secondary N) is 1. The number of aliphatic carboxylic acids is 1. The van der Waals surface area contributed by atoms with Crippen molar-refractivity contribution in [3.63, 3.8) is 0 Å². The lowest BCUT2D eigenvalue weighted by Gasteiger charge is -2.06. The maximum Gasteiger partial charge on any atom is 0.325 e. The van der Waals surface area contributed by atoms with Crippen molar-refractivity contribution >= 4 is 37.6 Å². The van der Waals surface area contributed by atoms with Crippen LogP contribution in [-0.2, 0) is 21.4 Å². The highest BCUT2D eigenvalue weighted by Gasteiger charge is 2.17. The third-order valence-electron chi connectivity index (χ3n) is 2.39. The first kappa shape index (κ1) is 15.4. The summed E-state index contributed by atoms with van der Waals surface area (Å²) < 4.78 is 40.6. The van der Waals surface area contributed by atoms with Gasteiger partial charge >= 0.3 is 5.97 Å². The van der Waals surface area contributed by atoms with E-state index < -0.39 is 28.4 Å². The van der Waals surface area contributed by atoms with Gasteiger partial charge in [0.05, 0.1) is 16.4 Å². The van der Waals surface area contributed by atoms with Crippen LogP contribution in [0.4, 0.5) is 10.1 Å². The first-order valence-corrected chi connectivity index (χ1v) is 7.78. The summed E-state index contributed by atoms with van der Waals surface area (Å²) in [6.07, 6.45) is 2.12. The van der Waals surface area contributed by atoms with E-state index in [1.54, 1.807) is 0 Å². The average Bonchev–Trinajstić information content (AvgIpc) is 2.82. The molecule has 0 radical (unpaired) electrons. The number of hydrogen-bond donors (Lipinski definition) is 2. The van der Waals surface area contributed by atoms with E-state index in [0.29, 0.717) is 0 Å². The molecule has 2 aromatic rings. The number of sulfonamides is 1. The first-order chi connectivity index (χ1) is 9.78. The fourth-order valence-electron chi connectivity index (χ4n) is 1.48. The molecule has 0 fully saturated rings. The zero-order chi connectivity index (χ0) is 15.6. The Balaban J connectivity index is 2.23. The molecule has 0 aliphatic heterocycles. The molecule has 0 aliphatic rings. The lowest BCUT2D eigenvalue weighted by Crippen LogP contribution is -2.13. The molecule has 2 N–H and O–H groups in total. The largest absolute Gasteiger partial charge is 0.480 e. The lowest BCUT2D eigenvalue weighted by atomic mass is 10.3. The normalized spacial score (nSPS) is 11.3. The number of nitrogens with zero attached hydrogens (tertiary/aromatic N) is 2. The van der Waals surface area contributed by atoms with Gasteiger partial charge in [-0.3, -0.25) is 14.2 Å². The summed E-state index contributed by atoms with van der Waals surface area (Å²) in [7, 11) is -3.93. The van der Waals surface area contributed by atoms with Crippen LogP contribution in [0.3, 0.4) is 0 Å². The van der Waals surface area contributed by atoms with Gasteiger partial charge in [0.15, 0.2) is 0 Å². The smallest absolute Gasteiger partial charge is 0.325 e. The highest BCUT2D eigenvalue weighted by molar-refractivity contribution is 9.10. The van der Waals surface area contributed by atoms with Crippen molar-refractivity contribution in [2.45, 2.75) is 11.4 Å². The minimum Gasteiger partial charge on any atom is -0.480 e. The highest BCUT2D eigenvalue weighted by atomic mass is 79.9. The number of carboxylic acid groups (broad SMARTS) is 1. The molecule has 0 atom stereocenters. The van der Waals surface area contributed by atoms with Gasteiger partial charge in [-0.2, -0.15) is 5.10 Å². The maximum atomic E-state index is 13.1. The van der Waals surface area contributed by atoms with Crippen molar-refractivity contribution in [1.82, 2.24) is 9.78 Å². The van der Waals surface area contributed by atoms with E-state index in [1.165, 1.54) is 12.1 Å². The van der Waals surface area contributed by atoms with Crippen molar-refractivity contribution in [3.8, 4) is 0 Å². The van der Waals surface area contributed by atoms with E-state index in [-0.39, 0.29) is 15.1 Å². The predicted octanol–water partition coefficient (Wildman–Crippen LogP) is 1.67. The molecule has 0 aliphatic carbocycles. The molecular weight excluding hydrogens is 369 g/mol. The molecule has 1 aromatic heterocycles. The molecule has 1 heterocycles. The molecule has 0 saturated carbocycles. The van der Waals surface area contributed by atoms with Gasteiger partial charge < -0.3 is 5.11 Å². The molecule has 0 bridgehead atoms. The molecule has 10 heteroatoms. The van der Waals surface area contributed by atoms with Crippen LogP contribution in [0.5, 0.6) is 0 Å². The second-order valence-corrected chi connectivity index (χ2v) is 6.54. The van der Waals surface area contributed by atoms with E-state index in [2.05, 4.69) is 25.8 Å². The van der Waals surface area contributed by atoms with Crippen LogP contribution in [0.2, 0.25) is 0 Å². The third kappa shape index (κ3) is 3.79. The first-order valence-electron chi connectivity index (χ1n) is 5.50. The molecular formula is C11H9BrFN3O4S. The maximum absolute atomic E-state index is 13.1. The molecule has 21 heavy (non-hydrogen) atoms. The van der Waals surface area contributed by atoms with E-state index in [0.717, 1.165) is 23.1 Å². The molecule has 7 nitrogen and oxygen atoms in total. The van der Waals surface area contributed by atoms with E-state index in [1.807, 2.05) is 0 Å².